The summed E-state index contributed by atoms with van der Waals surface area (Å²) < 4.78 is 37.9. The summed E-state index contributed by atoms with van der Waals surface area (Å²) in [6, 6.07) is 2.62. The molecule has 1 heterocycles. The van der Waals surface area contributed by atoms with E-state index in [9.17, 15) is 18.0 Å². The van der Waals surface area contributed by atoms with Crippen LogP contribution in [0.3, 0.4) is 0 Å². The molecule has 2 fully saturated rings. The van der Waals surface area contributed by atoms with Crippen LogP contribution in [0.5, 0.6) is 0 Å². The first-order valence-corrected chi connectivity index (χ1v) is 8.76. The minimum absolute atomic E-state index is 0.168. The molecule has 24 heavy (non-hydrogen) atoms. The highest BCUT2D eigenvalue weighted by Crippen LogP contribution is 2.37. The zero-order chi connectivity index (χ0) is 17.3. The van der Waals surface area contributed by atoms with Crippen molar-refractivity contribution >= 4 is 5.91 Å². The summed E-state index contributed by atoms with van der Waals surface area (Å²) in [7, 11) is 0. The summed E-state index contributed by atoms with van der Waals surface area (Å²) in [5.74, 6) is 0.573. The molecule has 0 aliphatic heterocycles. The van der Waals surface area contributed by atoms with Crippen LogP contribution in [0, 0.1) is 5.92 Å². The monoisotopic (exact) mass is 340 g/mol. The Morgan fingerprint density at radius 1 is 1.12 bits per heavy atom. The zero-order valence-electron chi connectivity index (χ0n) is 13.9. The lowest BCUT2D eigenvalue weighted by Gasteiger charge is -2.37. The third kappa shape index (κ3) is 3.73. The first-order valence-electron chi connectivity index (χ1n) is 8.76. The molecule has 2 aliphatic carbocycles. The predicted octanol–water partition coefficient (Wildman–Crippen LogP) is 4.67. The van der Waals surface area contributed by atoms with E-state index in [1.807, 2.05) is 4.90 Å². The molecule has 0 aromatic carbocycles. The fourth-order valence-corrected chi connectivity index (χ4v) is 3.65. The number of amides is 1. The van der Waals surface area contributed by atoms with Gasteiger partial charge in [-0.25, -0.2) is 0 Å². The predicted molar refractivity (Wildman–Crippen MR) is 84.5 cm³/mol. The van der Waals surface area contributed by atoms with Gasteiger partial charge in [0.1, 0.15) is 5.69 Å². The van der Waals surface area contributed by atoms with Crippen LogP contribution in [-0.2, 0) is 6.18 Å². The second-order valence-electron chi connectivity index (χ2n) is 6.96. The summed E-state index contributed by atoms with van der Waals surface area (Å²) in [4.78, 5) is 18.2. The van der Waals surface area contributed by atoms with E-state index in [0.29, 0.717) is 0 Å². The fourth-order valence-electron chi connectivity index (χ4n) is 3.65. The lowest BCUT2D eigenvalue weighted by Crippen LogP contribution is -2.44. The Kier molecular flexibility index (Phi) is 4.83. The highest BCUT2D eigenvalue weighted by Gasteiger charge is 2.39. The van der Waals surface area contributed by atoms with Gasteiger partial charge in [0.2, 0.25) is 0 Å². The molecule has 2 saturated carbocycles. The van der Waals surface area contributed by atoms with Crippen molar-refractivity contribution in [1.29, 1.82) is 0 Å². The number of carbonyl (C=O) groups excluding carboxylic acids is 1. The number of hydrogen-bond acceptors (Lipinski definition) is 2. The maximum atomic E-state index is 12.8. The summed E-state index contributed by atoms with van der Waals surface area (Å²) in [6.07, 6.45) is 4.00. The van der Waals surface area contributed by atoms with E-state index in [1.54, 1.807) is 0 Å². The zero-order valence-corrected chi connectivity index (χ0v) is 13.9. The first-order chi connectivity index (χ1) is 11.4. The van der Waals surface area contributed by atoms with Gasteiger partial charge in [-0.3, -0.25) is 9.78 Å². The van der Waals surface area contributed by atoms with Crippen LogP contribution < -0.4 is 0 Å². The van der Waals surface area contributed by atoms with Crippen molar-refractivity contribution in [2.24, 2.45) is 5.92 Å². The summed E-state index contributed by atoms with van der Waals surface area (Å²) in [6.45, 7) is 2.20. The van der Waals surface area contributed by atoms with Gasteiger partial charge in [-0.15, -0.1) is 0 Å². The Morgan fingerprint density at radius 2 is 1.71 bits per heavy atom. The Balaban J connectivity index is 1.73. The average molecular weight is 340 g/mol. The lowest BCUT2D eigenvalue weighted by molar-refractivity contribution is -0.141. The van der Waals surface area contributed by atoms with Crippen LogP contribution in [0.25, 0.3) is 0 Å². The molecule has 0 atom stereocenters. The molecule has 2 aliphatic rings. The molecule has 1 aromatic rings. The van der Waals surface area contributed by atoms with Gasteiger partial charge in [-0.05, 0) is 56.6 Å². The van der Waals surface area contributed by atoms with Gasteiger partial charge < -0.3 is 4.90 Å². The van der Waals surface area contributed by atoms with Crippen LogP contribution in [-0.4, -0.2) is 27.9 Å². The first kappa shape index (κ1) is 17.2. The third-order valence-corrected chi connectivity index (χ3v) is 5.26. The molecule has 1 amide bonds. The standard InChI is InChI=1S/C18H23F3N2O/c1-2-12-3-6-14(7-4-12)23(15-8-9-15)17(24)13-5-10-16(22-11-13)18(19,20)21/h5,10-12,14-15H,2-4,6-9H2,1H3. The van der Waals surface area contributed by atoms with Crippen LogP contribution in [0.2, 0.25) is 0 Å². The molecule has 0 N–H and O–H groups in total. The molecular weight excluding hydrogens is 317 g/mol. The fraction of sp³-hybridized carbons (Fsp3) is 0.667. The third-order valence-electron chi connectivity index (χ3n) is 5.26. The van der Waals surface area contributed by atoms with Gasteiger partial charge in [-0.1, -0.05) is 13.3 Å². The van der Waals surface area contributed by atoms with E-state index in [0.717, 1.165) is 56.7 Å². The maximum Gasteiger partial charge on any atom is 0.433 e. The number of aromatic nitrogens is 1. The Bertz CT molecular complexity index is 573. The van der Waals surface area contributed by atoms with Crippen molar-refractivity contribution in [3.63, 3.8) is 0 Å². The van der Waals surface area contributed by atoms with Crippen molar-refractivity contribution < 1.29 is 18.0 Å². The van der Waals surface area contributed by atoms with Gasteiger partial charge in [0.05, 0.1) is 5.56 Å². The van der Waals surface area contributed by atoms with Crippen molar-refractivity contribution in [3.8, 4) is 0 Å². The summed E-state index contributed by atoms with van der Waals surface area (Å²) in [5.41, 5.74) is -0.701. The number of rotatable bonds is 4. The van der Waals surface area contributed by atoms with Crippen molar-refractivity contribution in [2.45, 2.75) is 70.1 Å². The SMILES string of the molecule is CCC1CCC(N(C(=O)c2ccc(C(F)(F)F)nc2)C2CC2)CC1. The number of carbonyl (C=O) groups is 1. The van der Waals surface area contributed by atoms with Gasteiger partial charge in [0, 0.05) is 18.3 Å². The van der Waals surface area contributed by atoms with E-state index >= 15 is 0 Å². The van der Waals surface area contributed by atoms with Gasteiger partial charge in [0.25, 0.3) is 5.91 Å². The number of alkyl halides is 3. The van der Waals surface area contributed by atoms with E-state index in [2.05, 4.69) is 11.9 Å². The average Bonchev–Trinajstić information content (AvgIpc) is 3.40. The van der Waals surface area contributed by atoms with Crippen molar-refractivity contribution in [1.82, 2.24) is 9.88 Å². The second-order valence-corrected chi connectivity index (χ2v) is 6.96. The van der Waals surface area contributed by atoms with E-state index in [1.165, 1.54) is 12.5 Å². The Labute approximate surface area is 140 Å². The highest BCUT2D eigenvalue weighted by molar-refractivity contribution is 5.94. The van der Waals surface area contributed by atoms with Crippen molar-refractivity contribution in [3.05, 3.63) is 29.6 Å². The summed E-state index contributed by atoms with van der Waals surface area (Å²) >= 11 is 0. The molecule has 0 bridgehead atoms. The largest absolute Gasteiger partial charge is 0.433 e. The Morgan fingerprint density at radius 3 is 2.12 bits per heavy atom. The summed E-state index contributed by atoms with van der Waals surface area (Å²) in [5, 5.41) is 0. The highest BCUT2D eigenvalue weighted by atomic mass is 19.4. The minimum atomic E-state index is -4.48. The normalized spacial score (nSPS) is 24.7. The van der Waals surface area contributed by atoms with Crippen molar-refractivity contribution in [2.75, 3.05) is 0 Å². The number of hydrogen-bond donors (Lipinski definition) is 0. The molecule has 132 valence electrons. The van der Waals surface area contributed by atoms with Gasteiger partial charge in [0.15, 0.2) is 0 Å². The molecule has 0 radical (unpaired) electrons. The molecule has 0 saturated heterocycles. The molecule has 0 spiro atoms. The van der Waals surface area contributed by atoms with Gasteiger partial charge in [-0.2, -0.15) is 13.2 Å². The topological polar surface area (TPSA) is 33.2 Å². The lowest BCUT2D eigenvalue weighted by atomic mass is 9.83. The minimum Gasteiger partial charge on any atom is -0.333 e. The van der Waals surface area contributed by atoms with Gasteiger partial charge >= 0.3 is 6.18 Å². The smallest absolute Gasteiger partial charge is 0.333 e. The molecule has 3 rings (SSSR count). The van der Waals surface area contributed by atoms with E-state index < -0.39 is 11.9 Å². The van der Waals surface area contributed by atoms with Crippen LogP contribution in [0.15, 0.2) is 18.3 Å². The molecule has 6 heteroatoms. The number of nitrogens with zero attached hydrogens (tertiary/aromatic N) is 2. The number of halogens is 3. The molecule has 0 unspecified atom stereocenters. The molecular formula is C18H23F3N2O. The van der Waals surface area contributed by atoms with Crippen LogP contribution in [0.4, 0.5) is 13.2 Å². The number of pyridine rings is 1. The van der Waals surface area contributed by atoms with Crippen LogP contribution >= 0.6 is 0 Å². The van der Waals surface area contributed by atoms with E-state index in [4.69, 9.17) is 0 Å². The second kappa shape index (κ2) is 6.73. The molecule has 3 nitrogen and oxygen atoms in total. The molecule has 1 aromatic heterocycles. The quantitative estimate of drug-likeness (QED) is 0.798. The maximum absolute atomic E-state index is 12.8. The van der Waals surface area contributed by atoms with E-state index in [-0.39, 0.29) is 23.6 Å². The van der Waals surface area contributed by atoms with Crippen LogP contribution in [0.1, 0.15) is 67.9 Å². The Hall–Kier alpha value is -1.59.